The molecule has 0 saturated carbocycles. The fraction of sp³-hybridized carbons (Fsp3) is 0.946. The lowest BCUT2D eigenvalue weighted by atomic mass is 9.74. The van der Waals surface area contributed by atoms with Crippen LogP contribution in [0.25, 0.3) is 0 Å². The molecule has 17 atom stereocenters. The molecule has 3 fully saturated rings. The largest absolute Gasteiger partial charge is 0.459 e. The van der Waals surface area contributed by atoms with Crippen LogP contribution < -0.4 is 5.32 Å². The standard InChI is InChI=1S/C37H67NO12/c1-14-26-37(10,43)31(40)21(4)29(39)19(2)17-36(9,45-13)33(50-27-16-25(38-11)15-20(3)46-27)22(5)30(23(6)34(42)48-26)49-28-18-35(8,44-12)32(41)24(7)47-28/h19-28,30-33,38,40-41,43H,14-18H2,1-13H3/t19-,20-,21+,22+,23-,24+,25?,26-,27+,28+,30+,31?,32+,33-,35-,36-,37-/m1/s1. The second kappa shape index (κ2) is 17.3. The van der Waals surface area contributed by atoms with E-state index >= 15 is 0 Å². The number of carbonyl (C=O) groups is 2. The van der Waals surface area contributed by atoms with Gasteiger partial charge in [-0.2, -0.15) is 0 Å². The zero-order valence-electron chi connectivity index (χ0n) is 32.6. The van der Waals surface area contributed by atoms with Crippen molar-refractivity contribution in [1.82, 2.24) is 5.32 Å². The number of methoxy groups -OCH3 is 2. The fourth-order valence-electron chi connectivity index (χ4n) is 8.37. The number of esters is 1. The first-order valence-electron chi connectivity index (χ1n) is 18.4. The topological polar surface area (TPSA) is 171 Å². The van der Waals surface area contributed by atoms with Crippen molar-refractivity contribution in [1.29, 1.82) is 0 Å². The Morgan fingerprint density at radius 3 is 2.02 bits per heavy atom. The molecule has 13 nitrogen and oxygen atoms in total. The first-order chi connectivity index (χ1) is 23.2. The molecule has 292 valence electrons. The highest BCUT2D eigenvalue weighted by Gasteiger charge is 2.53. The number of ether oxygens (including phenoxy) is 7. The minimum Gasteiger partial charge on any atom is -0.459 e. The summed E-state index contributed by atoms with van der Waals surface area (Å²) in [5.41, 5.74) is -4.05. The van der Waals surface area contributed by atoms with Crippen LogP contribution in [0.4, 0.5) is 0 Å². The molecule has 3 rings (SSSR count). The third-order valence-corrected chi connectivity index (χ3v) is 11.9. The SMILES string of the molecule is CC[C@H]1OC(=O)[C@H](C)[C@@H](O[C@H]2C[C@@](C)(OC)[C@@H](O)[C@H](C)O2)[C@H](C)[C@@H](O[C@H]2CC(NC)C[C@@H](C)O2)[C@](C)(OC)C[C@@H](C)C(=O)[C@H](C)C(O)[C@]1(C)O. The zero-order valence-corrected chi connectivity index (χ0v) is 32.6. The van der Waals surface area contributed by atoms with Crippen molar-refractivity contribution in [3.8, 4) is 0 Å². The van der Waals surface area contributed by atoms with E-state index in [-0.39, 0.29) is 37.2 Å². The van der Waals surface area contributed by atoms with Gasteiger partial charge in [-0.1, -0.05) is 27.7 Å². The van der Waals surface area contributed by atoms with Crippen LogP contribution in [0.3, 0.4) is 0 Å². The second-order valence-corrected chi connectivity index (χ2v) is 15.9. The highest BCUT2D eigenvalue weighted by molar-refractivity contribution is 5.83. The molecule has 0 aliphatic carbocycles. The van der Waals surface area contributed by atoms with Gasteiger partial charge < -0.3 is 53.8 Å². The Labute approximate surface area is 299 Å². The zero-order chi connectivity index (χ0) is 37.9. The Bertz CT molecular complexity index is 1120. The summed E-state index contributed by atoms with van der Waals surface area (Å²) in [5, 5.41) is 37.2. The maximum atomic E-state index is 14.1. The van der Waals surface area contributed by atoms with Gasteiger partial charge in [0, 0.05) is 50.9 Å². The van der Waals surface area contributed by atoms with E-state index in [0.29, 0.717) is 6.42 Å². The number of hydrogen-bond acceptors (Lipinski definition) is 13. The van der Waals surface area contributed by atoms with Gasteiger partial charge in [0.05, 0.1) is 47.6 Å². The number of rotatable bonds is 8. The Morgan fingerprint density at radius 1 is 0.840 bits per heavy atom. The van der Waals surface area contributed by atoms with Crippen molar-refractivity contribution >= 4 is 11.8 Å². The molecule has 3 heterocycles. The quantitative estimate of drug-likeness (QED) is 0.270. The van der Waals surface area contributed by atoms with E-state index in [1.807, 2.05) is 27.8 Å². The summed E-state index contributed by atoms with van der Waals surface area (Å²) in [6.45, 7) is 17.5. The Morgan fingerprint density at radius 2 is 1.46 bits per heavy atom. The predicted octanol–water partition coefficient (Wildman–Crippen LogP) is 3.13. The van der Waals surface area contributed by atoms with Crippen LogP contribution >= 0.6 is 0 Å². The first-order valence-corrected chi connectivity index (χ1v) is 18.4. The van der Waals surface area contributed by atoms with Gasteiger partial charge >= 0.3 is 5.97 Å². The summed E-state index contributed by atoms with van der Waals surface area (Å²) >= 11 is 0. The summed E-state index contributed by atoms with van der Waals surface area (Å²) in [7, 11) is 4.98. The van der Waals surface area contributed by atoms with Crippen LogP contribution in [0.15, 0.2) is 0 Å². The van der Waals surface area contributed by atoms with Crippen LogP contribution in [-0.2, 0) is 42.7 Å². The van der Waals surface area contributed by atoms with Gasteiger partial charge in [0.15, 0.2) is 12.6 Å². The second-order valence-electron chi connectivity index (χ2n) is 15.9. The van der Waals surface area contributed by atoms with E-state index in [2.05, 4.69) is 5.32 Å². The van der Waals surface area contributed by atoms with Crippen molar-refractivity contribution in [3.05, 3.63) is 0 Å². The molecule has 0 aromatic carbocycles. The summed E-state index contributed by atoms with van der Waals surface area (Å²) in [6.07, 6.45) is -5.61. The fourth-order valence-corrected chi connectivity index (χ4v) is 8.37. The minimum atomic E-state index is -1.93. The van der Waals surface area contributed by atoms with Gasteiger partial charge in [0.1, 0.15) is 23.6 Å². The lowest BCUT2D eigenvalue weighted by Crippen LogP contribution is -2.60. The molecule has 0 radical (unpaired) electrons. The van der Waals surface area contributed by atoms with Crippen LogP contribution in [-0.4, -0.2) is 126 Å². The predicted molar refractivity (Wildman–Crippen MR) is 185 cm³/mol. The van der Waals surface area contributed by atoms with Gasteiger partial charge in [-0.3, -0.25) is 9.59 Å². The number of cyclic esters (lactones) is 1. The monoisotopic (exact) mass is 717 g/mol. The molecular formula is C37H67NO12. The third kappa shape index (κ3) is 9.26. The lowest BCUT2D eigenvalue weighted by molar-refractivity contribution is -0.309. The van der Waals surface area contributed by atoms with Gasteiger partial charge in [0.2, 0.25) is 0 Å². The van der Waals surface area contributed by atoms with E-state index in [1.165, 1.54) is 14.0 Å². The Hall–Kier alpha value is -1.26. The average Bonchev–Trinajstić information content (AvgIpc) is 3.07. The summed E-state index contributed by atoms with van der Waals surface area (Å²) < 4.78 is 44.1. The van der Waals surface area contributed by atoms with Crippen LogP contribution in [0.2, 0.25) is 0 Å². The molecule has 3 saturated heterocycles. The molecule has 2 unspecified atom stereocenters. The van der Waals surface area contributed by atoms with Crippen molar-refractivity contribution in [2.24, 2.45) is 23.7 Å². The van der Waals surface area contributed by atoms with Gasteiger partial charge in [-0.15, -0.1) is 0 Å². The van der Waals surface area contributed by atoms with Crippen molar-refractivity contribution in [2.45, 2.75) is 179 Å². The number of Topliss-reactive ketones (excluding diaryl/α,β-unsaturated/α-hetero) is 1. The minimum absolute atomic E-state index is 0.0911. The molecule has 3 aliphatic rings. The summed E-state index contributed by atoms with van der Waals surface area (Å²) in [6, 6.07) is 0.143. The molecule has 0 amide bonds. The molecule has 4 N–H and O–H groups in total. The normalized spacial score (nSPS) is 48.9. The Balaban J connectivity index is 2.18. The number of ketones is 1. The van der Waals surface area contributed by atoms with Crippen molar-refractivity contribution in [2.75, 3.05) is 21.3 Å². The van der Waals surface area contributed by atoms with Gasteiger partial charge in [0.25, 0.3) is 0 Å². The number of nitrogens with one attached hydrogen (secondary N) is 1. The van der Waals surface area contributed by atoms with Gasteiger partial charge in [-0.25, -0.2) is 0 Å². The number of carbonyl (C=O) groups excluding carboxylic acids is 2. The third-order valence-electron chi connectivity index (χ3n) is 11.9. The number of hydrogen-bond donors (Lipinski definition) is 4. The van der Waals surface area contributed by atoms with E-state index < -0.39 is 95.6 Å². The smallest absolute Gasteiger partial charge is 0.311 e. The van der Waals surface area contributed by atoms with E-state index in [1.54, 1.807) is 48.7 Å². The number of aliphatic hydroxyl groups is 3. The molecule has 13 heteroatoms. The van der Waals surface area contributed by atoms with Crippen molar-refractivity contribution in [3.63, 3.8) is 0 Å². The molecule has 50 heavy (non-hydrogen) atoms. The first kappa shape index (κ1) is 43.1. The van der Waals surface area contributed by atoms with E-state index in [0.717, 1.165) is 6.42 Å². The molecule has 0 bridgehead atoms. The molecule has 0 aromatic rings. The molecule has 3 aliphatic heterocycles. The van der Waals surface area contributed by atoms with Crippen LogP contribution in [0, 0.1) is 23.7 Å². The van der Waals surface area contributed by atoms with Crippen LogP contribution in [0.5, 0.6) is 0 Å². The average molecular weight is 718 g/mol. The van der Waals surface area contributed by atoms with Gasteiger partial charge in [-0.05, 0) is 67.9 Å². The van der Waals surface area contributed by atoms with Crippen molar-refractivity contribution < 1.29 is 58.1 Å². The lowest BCUT2D eigenvalue weighted by Gasteiger charge is -2.49. The van der Waals surface area contributed by atoms with E-state index in [4.69, 9.17) is 33.2 Å². The Kier molecular flexibility index (Phi) is 14.9. The maximum Gasteiger partial charge on any atom is 0.311 e. The van der Waals surface area contributed by atoms with Crippen LogP contribution in [0.1, 0.15) is 101 Å². The molecular weight excluding hydrogens is 650 g/mol. The summed E-state index contributed by atoms with van der Waals surface area (Å²) in [4.78, 5) is 28.0. The molecule has 0 spiro atoms. The highest BCUT2D eigenvalue weighted by Crippen LogP contribution is 2.41. The van der Waals surface area contributed by atoms with E-state index in [9.17, 15) is 24.9 Å². The summed E-state index contributed by atoms with van der Waals surface area (Å²) in [5.74, 6) is -4.06. The maximum absolute atomic E-state index is 14.1. The number of aliphatic hydroxyl groups excluding tert-OH is 2. The highest BCUT2D eigenvalue weighted by atomic mass is 16.7. The molecule has 0 aromatic heterocycles.